The monoisotopic (exact) mass is 273 g/mol. The molecule has 0 aliphatic heterocycles. The number of nitrogens with zero attached hydrogens (tertiary/aromatic N) is 1. The van der Waals surface area contributed by atoms with E-state index in [2.05, 4.69) is 0 Å². The third-order valence-electron chi connectivity index (χ3n) is 3.69. The first-order valence-electron chi connectivity index (χ1n) is 6.47. The number of carbonyl (C=O) groups is 1. The zero-order chi connectivity index (χ0) is 14.9. The van der Waals surface area contributed by atoms with E-state index in [9.17, 15) is 15.0 Å². The minimum atomic E-state index is -0.685. The van der Waals surface area contributed by atoms with Gasteiger partial charge in [-0.2, -0.15) is 0 Å². The second-order valence-corrected chi connectivity index (χ2v) is 5.55. The van der Waals surface area contributed by atoms with Gasteiger partial charge in [0.1, 0.15) is 5.75 Å². The Hall–Kier alpha value is -2.07. The van der Waals surface area contributed by atoms with Crippen LogP contribution in [0.15, 0.2) is 36.4 Å². The van der Waals surface area contributed by atoms with Crippen LogP contribution in [-0.2, 0) is 0 Å². The molecule has 0 aromatic heterocycles. The molecule has 20 heavy (non-hydrogen) atoms. The van der Waals surface area contributed by atoms with E-state index >= 15 is 0 Å². The number of aromatic hydroxyl groups is 1. The van der Waals surface area contributed by atoms with Crippen molar-refractivity contribution < 1.29 is 15.0 Å². The fourth-order valence-corrected chi connectivity index (χ4v) is 1.96. The predicted octanol–water partition coefficient (Wildman–Crippen LogP) is 2.39. The molecule has 0 atom stereocenters. The quantitative estimate of drug-likeness (QED) is 0.902. The summed E-state index contributed by atoms with van der Waals surface area (Å²) in [6.07, 6.45) is 0. The average molecular weight is 273 g/mol. The normalized spacial score (nSPS) is 11.6. The Labute approximate surface area is 118 Å². The van der Waals surface area contributed by atoms with Gasteiger partial charge in [-0.05, 0) is 36.8 Å². The highest BCUT2D eigenvalue weighted by Gasteiger charge is 2.29. The Morgan fingerprint density at radius 2 is 1.75 bits per heavy atom. The number of likely N-dealkylation sites (N-methyl/N-ethyl adjacent to an activating group) is 1. The summed E-state index contributed by atoms with van der Waals surface area (Å²) in [6.45, 7) is 3.38. The lowest BCUT2D eigenvalue weighted by Gasteiger charge is -2.34. The Kier molecular flexibility index (Phi) is 3.68. The zero-order valence-corrected chi connectivity index (χ0v) is 11.9. The van der Waals surface area contributed by atoms with E-state index in [-0.39, 0.29) is 23.8 Å². The summed E-state index contributed by atoms with van der Waals surface area (Å²) in [5.41, 5.74) is -0.442. The smallest absolute Gasteiger partial charge is 0.257 e. The maximum Gasteiger partial charge on any atom is 0.257 e. The van der Waals surface area contributed by atoms with Gasteiger partial charge in [0.05, 0.1) is 17.7 Å². The van der Waals surface area contributed by atoms with Gasteiger partial charge in [-0.1, -0.05) is 24.3 Å². The fourth-order valence-electron chi connectivity index (χ4n) is 1.96. The number of amides is 1. The molecule has 0 aliphatic rings. The van der Waals surface area contributed by atoms with Crippen molar-refractivity contribution in [3.05, 3.63) is 42.0 Å². The van der Waals surface area contributed by atoms with Gasteiger partial charge in [0.25, 0.3) is 5.91 Å². The van der Waals surface area contributed by atoms with E-state index in [0.29, 0.717) is 0 Å². The van der Waals surface area contributed by atoms with E-state index in [1.54, 1.807) is 33.0 Å². The number of aliphatic hydroxyl groups is 1. The first kappa shape index (κ1) is 14.3. The van der Waals surface area contributed by atoms with Gasteiger partial charge in [-0.25, -0.2) is 0 Å². The molecule has 0 bridgehead atoms. The number of phenols is 1. The van der Waals surface area contributed by atoms with Gasteiger partial charge in [-0.15, -0.1) is 0 Å². The number of benzene rings is 2. The highest BCUT2D eigenvalue weighted by molar-refractivity contribution is 6.01. The van der Waals surface area contributed by atoms with Gasteiger partial charge in [-0.3, -0.25) is 4.79 Å². The summed E-state index contributed by atoms with van der Waals surface area (Å²) in [5, 5.41) is 21.2. The summed E-state index contributed by atoms with van der Waals surface area (Å²) in [4.78, 5) is 13.9. The number of fused-ring (bicyclic) bond motifs is 1. The topological polar surface area (TPSA) is 60.8 Å². The molecule has 4 nitrogen and oxygen atoms in total. The molecule has 2 aromatic carbocycles. The minimum Gasteiger partial charge on any atom is -0.507 e. The Morgan fingerprint density at radius 3 is 2.30 bits per heavy atom. The van der Waals surface area contributed by atoms with E-state index in [1.807, 2.05) is 24.3 Å². The second-order valence-electron chi connectivity index (χ2n) is 5.55. The largest absolute Gasteiger partial charge is 0.507 e. The molecule has 0 spiro atoms. The maximum atomic E-state index is 12.5. The van der Waals surface area contributed by atoms with Crippen LogP contribution in [-0.4, -0.2) is 40.2 Å². The molecule has 0 saturated heterocycles. The number of carbonyl (C=O) groups excluding carboxylic acids is 1. The van der Waals surface area contributed by atoms with Gasteiger partial charge < -0.3 is 15.1 Å². The van der Waals surface area contributed by atoms with Crippen LogP contribution in [0.5, 0.6) is 5.75 Å². The molecule has 0 saturated carbocycles. The molecule has 106 valence electrons. The Balaban J connectivity index is 2.47. The Bertz CT molecular complexity index is 649. The molecule has 0 aliphatic carbocycles. The van der Waals surface area contributed by atoms with Crippen LogP contribution < -0.4 is 0 Å². The minimum absolute atomic E-state index is 0.0470. The molecule has 2 aromatic rings. The van der Waals surface area contributed by atoms with Gasteiger partial charge in [0.2, 0.25) is 0 Å². The summed E-state index contributed by atoms with van der Waals surface area (Å²) in [6, 6.07) is 10.8. The lowest BCUT2D eigenvalue weighted by Crippen LogP contribution is -2.47. The fraction of sp³-hybridized carbons (Fsp3) is 0.312. The highest BCUT2D eigenvalue weighted by Crippen LogP contribution is 2.27. The highest BCUT2D eigenvalue weighted by atomic mass is 16.3. The van der Waals surface area contributed by atoms with Crippen molar-refractivity contribution in [1.29, 1.82) is 0 Å². The lowest BCUT2D eigenvalue weighted by atomic mass is 10.0. The first-order chi connectivity index (χ1) is 9.36. The molecule has 0 fully saturated rings. The summed E-state index contributed by atoms with van der Waals surface area (Å²) < 4.78 is 0. The number of phenolic OH excluding ortho intramolecular Hbond substituents is 1. The first-order valence-corrected chi connectivity index (χ1v) is 6.47. The predicted molar refractivity (Wildman–Crippen MR) is 78.9 cm³/mol. The Morgan fingerprint density at radius 1 is 1.20 bits per heavy atom. The molecule has 2 rings (SSSR count). The van der Waals surface area contributed by atoms with Crippen molar-refractivity contribution >= 4 is 16.7 Å². The molecule has 0 radical (unpaired) electrons. The SMILES string of the molecule is CN(C(=O)c1cc2ccccc2cc1O)C(C)(C)CO. The van der Waals surface area contributed by atoms with Crippen molar-refractivity contribution in [3.8, 4) is 5.75 Å². The van der Waals surface area contributed by atoms with E-state index in [4.69, 9.17) is 0 Å². The van der Waals surface area contributed by atoms with Crippen LogP contribution in [0.25, 0.3) is 10.8 Å². The van der Waals surface area contributed by atoms with Crippen LogP contribution in [0, 0.1) is 0 Å². The average Bonchev–Trinajstić information content (AvgIpc) is 2.45. The second kappa shape index (κ2) is 5.13. The van der Waals surface area contributed by atoms with Crippen molar-refractivity contribution in [2.24, 2.45) is 0 Å². The van der Waals surface area contributed by atoms with Gasteiger partial charge in [0.15, 0.2) is 0 Å². The van der Waals surface area contributed by atoms with Crippen molar-refractivity contribution in [2.45, 2.75) is 19.4 Å². The van der Waals surface area contributed by atoms with E-state index in [0.717, 1.165) is 10.8 Å². The molecule has 2 N–H and O–H groups in total. The van der Waals surface area contributed by atoms with Crippen molar-refractivity contribution in [1.82, 2.24) is 4.90 Å². The zero-order valence-electron chi connectivity index (χ0n) is 11.9. The standard InChI is InChI=1S/C16H19NO3/c1-16(2,10-18)17(3)15(20)13-8-11-6-4-5-7-12(11)9-14(13)19/h4-9,18-19H,10H2,1-3H3. The van der Waals surface area contributed by atoms with Crippen LogP contribution >= 0.6 is 0 Å². The third-order valence-corrected chi connectivity index (χ3v) is 3.69. The molecule has 0 heterocycles. The van der Waals surface area contributed by atoms with Crippen LogP contribution in [0.4, 0.5) is 0 Å². The number of hydrogen-bond donors (Lipinski definition) is 2. The molecular formula is C16H19NO3. The van der Waals surface area contributed by atoms with Crippen molar-refractivity contribution in [3.63, 3.8) is 0 Å². The molecule has 4 heteroatoms. The summed E-state index contributed by atoms with van der Waals surface area (Å²) in [7, 11) is 1.62. The number of hydrogen-bond acceptors (Lipinski definition) is 3. The summed E-state index contributed by atoms with van der Waals surface area (Å²) >= 11 is 0. The van der Waals surface area contributed by atoms with Gasteiger partial charge >= 0.3 is 0 Å². The van der Waals surface area contributed by atoms with Crippen LogP contribution in [0.3, 0.4) is 0 Å². The van der Waals surface area contributed by atoms with Gasteiger partial charge in [0, 0.05) is 7.05 Å². The third kappa shape index (κ3) is 2.47. The maximum absolute atomic E-state index is 12.5. The summed E-state index contributed by atoms with van der Waals surface area (Å²) in [5.74, 6) is -0.360. The number of aliphatic hydroxyl groups excluding tert-OH is 1. The molecular weight excluding hydrogens is 254 g/mol. The van der Waals surface area contributed by atoms with Crippen molar-refractivity contribution in [2.75, 3.05) is 13.7 Å². The van der Waals surface area contributed by atoms with Crippen LogP contribution in [0.1, 0.15) is 24.2 Å². The van der Waals surface area contributed by atoms with E-state index < -0.39 is 5.54 Å². The van der Waals surface area contributed by atoms with Crippen LogP contribution in [0.2, 0.25) is 0 Å². The molecule has 1 amide bonds. The number of rotatable bonds is 3. The van der Waals surface area contributed by atoms with E-state index in [1.165, 1.54) is 4.90 Å². The lowest BCUT2D eigenvalue weighted by molar-refractivity contribution is 0.0470. The molecule has 0 unspecified atom stereocenters.